The monoisotopic (exact) mass is 248 g/mol. The highest BCUT2D eigenvalue weighted by Gasteiger charge is 2.26. The fraction of sp³-hybridized carbons (Fsp3) is 0.500. The van der Waals surface area contributed by atoms with Gasteiger partial charge >= 0.3 is 0 Å². The average Bonchev–Trinajstić information content (AvgIpc) is 2.35. The Hall–Kier alpha value is -1.55. The van der Waals surface area contributed by atoms with E-state index in [9.17, 15) is 9.90 Å². The van der Waals surface area contributed by atoms with Gasteiger partial charge in [-0.15, -0.1) is 0 Å². The van der Waals surface area contributed by atoms with Crippen molar-refractivity contribution < 1.29 is 9.90 Å². The van der Waals surface area contributed by atoms with Gasteiger partial charge in [-0.2, -0.15) is 0 Å². The second kappa shape index (κ2) is 5.40. The van der Waals surface area contributed by atoms with Crippen molar-refractivity contribution in [2.75, 3.05) is 13.1 Å². The molecule has 98 valence electrons. The SMILES string of the molecule is CC1CN(C(=O)Cc2ccccc2O)CCC1N. The second-order valence-electron chi connectivity index (χ2n) is 5.08. The number of nitrogens with zero attached hydrogens (tertiary/aromatic N) is 1. The molecule has 1 saturated heterocycles. The molecule has 1 heterocycles. The van der Waals surface area contributed by atoms with Crippen molar-refractivity contribution in [3.63, 3.8) is 0 Å². The lowest BCUT2D eigenvalue weighted by Crippen LogP contribution is -2.48. The van der Waals surface area contributed by atoms with E-state index in [1.54, 1.807) is 18.2 Å². The number of carbonyl (C=O) groups excluding carboxylic acids is 1. The normalized spacial score (nSPS) is 24.0. The molecule has 1 aromatic carbocycles. The molecule has 4 heteroatoms. The highest BCUT2D eigenvalue weighted by molar-refractivity contribution is 5.79. The van der Waals surface area contributed by atoms with Crippen LogP contribution in [0.2, 0.25) is 0 Å². The topological polar surface area (TPSA) is 66.6 Å². The number of likely N-dealkylation sites (tertiary alicyclic amines) is 1. The number of piperidine rings is 1. The van der Waals surface area contributed by atoms with Crippen LogP contribution in [0.1, 0.15) is 18.9 Å². The summed E-state index contributed by atoms with van der Waals surface area (Å²) in [6, 6.07) is 7.17. The summed E-state index contributed by atoms with van der Waals surface area (Å²) < 4.78 is 0. The molecule has 0 aromatic heterocycles. The molecule has 1 fully saturated rings. The molecule has 4 nitrogen and oxygen atoms in total. The summed E-state index contributed by atoms with van der Waals surface area (Å²) in [6.45, 7) is 3.51. The first-order valence-electron chi connectivity index (χ1n) is 6.38. The van der Waals surface area contributed by atoms with Crippen LogP contribution >= 0.6 is 0 Å². The molecule has 0 radical (unpaired) electrons. The van der Waals surface area contributed by atoms with Crippen LogP contribution in [0.5, 0.6) is 5.75 Å². The molecule has 1 aromatic rings. The smallest absolute Gasteiger partial charge is 0.227 e. The molecule has 0 spiro atoms. The van der Waals surface area contributed by atoms with Gasteiger partial charge < -0.3 is 15.7 Å². The number of nitrogens with two attached hydrogens (primary N) is 1. The number of amides is 1. The molecule has 0 aliphatic carbocycles. The van der Waals surface area contributed by atoms with Gasteiger partial charge in [0, 0.05) is 24.7 Å². The molecule has 2 unspecified atom stereocenters. The molecule has 3 N–H and O–H groups in total. The maximum Gasteiger partial charge on any atom is 0.227 e. The molecule has 2 atom stereocenters. The lowest BCUT2D eigenvalue weighted by molar-refractivity contribution is -0.132. The first kappa shape index (κ1) is 12.9. The van der Waals surface area contributed by atoms with Gasteiger partial charge in [0.15, 0.2) is 0 Å². The third kappa shape index (κ3) is 2.82. The van der Waals surface area contributed by atoms with Gasteiger partial charge in [0.1, 0.15) is 5.75 Å². The van der Waals surface area contributed by atoms with E-state index >= 15 is 0 Å². The number of hydrogen-bond acceptors (Lipinski definition) is 3. The Morgan fingerprint density at radius 2 is 2.22 bits per heavy atom. The van der Waals surface area contributed by atoms with Crippen molar-refractivity contribution in [2.24, 2.45) is 11.7 Å². The summed E-state index contributed by atoms with van der Waals surface area (Å²) in [5.74, 6) is 0.593. The molecule has 1 aliphatic rings. The molecule has 1 amide bonds. The zero-order chi connectivity index (χ0) is 13.1. The van der Waals surface area contributed by atoms with Crippen molar-refractivity contribution in [1.29, 1.82) is 0 Å². The Kier molecular flexibility index (Phi) is 3.87. The number of para-hydroxylation sites is 1. The van der Waals surface area contributed by atoms with Crippen LogP contribution in [0.25, 0.3) is 0 Å². The number of rotatable bonds is 2. The molecular weight excluding hydrogens is 228 g/mol. The minimum atomic E-state index is 0.0650. The van der Waals surface area contributed by atoms with Crippen molar-refractivity contribution in [1.82, 2.24) is 4.90 Å². The average molecular weight is 248 g/mol. The first-order valence-corrected chi connectivity index (χ1v) is 6.38. The maximum absolute atomic E-state index is 12.1. The maximum atomic E-state index is 12.1. The first-order chi connectivity index (χ1) is 8.58. The fourth-order valence-corrected chi connectivity index (χ4v) is 2.33. The Balaban J connectivity index is 1.99. The largest absolute Gasteiger partial charge is 0.508 e. The molecule has 2 rings (SSSR count). The van der Waals surface area contributed by atoms with E-state index in [1.165, 1.54) is 0 Å². The van der Waals surface area contributed by atoms with E-state index in [2.05, 4.69) is 6.92 Å². The molecule has 18 heavy (non-hydrogen) atoms. The quantitative estimate of drug-likeness (QED) is 0.824. The number of carbonyl (C=O) groups is 1. The van der Waals surface area contributed by atoms with Gasteiger partial charge in [0.2, 0.25) is 5.91 Å². The van der Waals surface area contributed by atoms with Crippen LogP contribution in [0.3, 0.4) is 0 Å². The molecule has 1 aliphatic heterocycles. The number of aromatic hydroxyl groups is 1. The fourth-order valence-electron chi connectivity index (χ4n) is 2.33. The number of phenols is 1. The van der Waals surface area contributed by atoms with Crippen molar-refractivity contribution in [3.05, 3.63) is 29.8 Å². The Labute approximate surface area is 107 Å². The van der Waals surface area contributed by atoms with E-state index in [4.69, 9.17) is 5.73 Å². The summed E-state index contributed by atoms with van der Waals surface area (Å²) in [4.78, 5) is 14.0. The Bertz CT molecular complexity index is 434. The minimum absolute atomic E-state index is 0.0650. The Morgan fingerprint density at radius 1 is 1.50 bits per heavy atom. The van der Waals surface area contributed by atoms with Crippen LogP contribution in [-0.4, -0.2) is 35.0 Å². The zero-order valence-electron chi connectivity index (χ0n) is 10.7. The van der Waals surface area contributed by atoms with Crippen molar-refractivity contribution >= 4 is 5.91 Å². The van der Waals surface area contributed by atoms with E-state index in [0.717, 1.165) is 13.0 Å². The standard InChI is InChI=1S/C14H20N2O2/c1-10-9-16(7-6-12(10)15)14(18)8-11-4-2-3-5-13(11)17/h2-5,10,12,17H,6-9,15H2,1H3. The van der Waals surface area contributed by atoms with Gasteiger partial charge in [-0.05, 0) is 18.4 Å². The summed E-state index contributed by atoms with van der Waals surface area (Å²) >= 11 is 0. The van der Waals surface area contributed by atoms with Gasteiger partial charge in [-0.3, -0.25) is 4.79 Å². The number of benzene rings is 1. The highest BCUT2D eigenvalue weighted by Crippen LogP contribution is 2.19. The van der Waals surface area contributed by atoms with Crippen molar-refractivity contribution in [2.45, 2.75) is 25.8 Å². The Morgan fingerprint density at radius 3 is 2.89 bits per heavy atom. The third-order valence-electron chi connectivity index (χ3n) is 3.66. The van der Waals surface area contributed by atoms with Crippen LogP contribution in [0, 0.1) is 5.92 Å². The predicted octanol–water partition coefficient (Wildman–Crippen LogP) is 1.13. The molecule has 0 saturated carbocycles. The van der Waals surface area contributed by atoms with E-state index < -0.39 is 0 Å². The lowest BCUT2D eigenvalue weighted by atomic mass is 9.94. The van der Waals surface area contributed by atoms with Crippen LogP contribution in [0.15, 0.2) is 24.3 Å². The molecular formula is C14H20N2O2. The van der Waals surface area contributed by atoms with Crippen LogP contribution in [0.4, 0.5) is 0 Å². The summed E-state index contributed by atoms with van der Waals surface area (Å²) in [5, 5.41) is 9.66. The molecule has 0 bridgehead atoms. The van der Waals surface area contributed by atoms with E-state index in [0.29, 0.717) is 18.0 Å². The predicted molar refractivity (Wildman–Crippen MR) is 70.1 cm³/mol. The van der Waals surface area contributed by atoms with Gasteiger partial charge in [0.25, 0.3) is 0 Å². The van der Waals surface area contributed by atoms with E-state index in [1.807, 2.05) is 11.0 Å². The number of phenolic OH excluding ortho intramolecular Hbond substituents is 1. The zero-order valence-corrected chi connectivity index (χ0v) is 10.7. The van der Waals surface area contributed by atoms with Gasteiger partial charge in [-0.25, -0.2) is 0 Å². The lowest BCUT2D eigenvalue weighted by Gasteiger charge is -2.35. The minimum Gasteiger partial charge on any atom is -0.508 e. The van der Waals surface area contributed by atoms with Gasteiger partial charge in [0.05, 0.1) is 6.42 Å². The third-order valence-corrected chi connectivity index (χ3v) is 3.66. The summed E-state index contributed by atoms with van der Waals surface area (Å²) in [5.41, 5.74) is 6.62. The summed E-state index contributed by atoms with van der Waals surface area (Å²) in [6.07, 6.45) is 1.11. The van der Waals surface area contributed by atoms with E-state index in [-0.39, 0.29) is 24.1 Å². The second-order valence-corrected chi connectivity index (χ2v) is 5.08. The number of hydrogen-bond donors (Lipinski definition) is 2. The van der Waals surface area contributed by atoms with Crippen LogP contribution < -0.4 is 5.73 Å². The summed E-state index contributed by atoms with van der Waals surface area (Å²) in [7, 11) is 0. The van der Waals surface area contributed by atoms with Crippen LogP contribution in [-0.2, 0) is 11.2 Å². The highest BCUT2D eigenvalue weighted by atomic mass is 16.3. The van der Waals surface area contributed by atoms with Gasteiger partial charge in [-0.1, -0.05) is 25.1 Å². The van der Waals surface area contributed by atoms with Crippen molar-refractivity contribution in [3.8, 4) is 5.75 Å².